The first-order valence-corrected chi connectivity index (χ1v) is 5.36. The third kappa shape index (κ3) is 2.09. The molecule has 3 heteroatoms. The van der Waals surface area contributed by atoms with Crippen LogP contribution in [0.15, 0.2) is 30.3 Å². The molecule has 0 aliphatic rings. The lowest BCUT2D eigenvalue weighted by Crippen LogP contribution is -2.11. The highest BCUT2D eigenvalue weighted by molar-refractivity contribution is 5.86. The fraction of sp³-hybridized carbons (Fsp3) is 0.231. The van der Waals surface area contributed by atoms with Gasteiger partial charge in [-0.15, -0.1) is 0 Å². The van der Waals surface area contributed by atoms with E-state index >= 15 is 0 Å². The molecule has 3 nitrogen and oxygen atoms in total. The lowest BCUT2D eigenvalue weighted by Gasteiger charge is -2.05. The third-order valence-electron chi connectivity index (χ3n) is 2.58. The largest absolute Gasteiger partial charge is 0.504 e. The lowest BCUT2D eigenvalue weighted by atomic mass is 10.1. The van der Waals surface area contributed by atoms with Gasteiger partial charge in [0.25, 0.3) is 0 Å². The Morgan fingerprint density at radius 1 is 1.00 bits per heavy atom. The van der Waals surface area contributed by atoms with E-state index in [-0.39, 0.29) is 11.5 Å². The van der Waals surface area contributed by atoms with Crippen molar-refractivity contribution in [3.05, 3.63) is 35.9 Å². The molecule has 0 radical (unpaired) electrons. The number of benzene rings is 2. The molecule has 0 unspecified atom stereocenters. The first kappa shape index (κ1) is 10.8. The fourth-order valence-corrected chi connectivity index (χ4v) is 1.70. The summed E-state index contributed by atoms with van der Waals surface area (Å²) >= 11 is 0. The zero-order chi connectivity index (χ0) is 11.5. The van der Waals surface area contributed by atoms with Gasteiger partial charge in [0.2, 0.25) is 0 Å². The summed E-state index contributed by atoms with van der Waals surface area (Å²) in [4.78, 5) is 0. The molecule has 0 aliphatic carbocycles. The third-order valence-corrected chi connectivity index (χ3v) is 2.58. The molecule has 0 saturated carbocycles. The van der Waals surface area contributed by atoms with Gasteiger partial charge in [-0.2, -0.15) is 0 Å². The van der Waals surface area contributed by atoms with Crippen molar-refractivity contribution in [1.29, 1.82) is 0 Å². The molecule has 84 valence electrons. The molecule has 0 heterocycles. The van der Waals surface area contributed by atoms with Crippen molar-refractivity contribution in [1.82, 2.24) is 5.32 Å². The van der Waals surface area contributed by atoms with Gasteiger partial charge in [0.1, 0.15) is 0 Å². The van der Waals surface area contributed by atoms with Gasteiger partial charge in [-0.05, 0) is 41.1 Å². The molecule has 0 aromatic heterocycles. The Hall–Kier alpha value is -1.74. The highest BCUT2D eigenvalue weighted by Crippen LogP contribution is 2.30. The van der Waals surface area contributed by atoms with Crippen LogP contribution in [0.1, 0.15) is 12.5 Å². The SMILES string of the molecule is CCNCc1ccc2cc(O)c(O)cc2c1. The predicted molar refractivity (Wildman–Crippen MR) is 64.7 cm³/mol. The molecule has 0 bridgehead atoms. The molecule has 16 heavy (non-hydrogen) atoms. The number of phenolic OH excluding ortho intramolecular Hbond substituents is 2. The van der Waals surface area contributed by atoms with Crippen molar-refractivity contribution in [3.63, 3.8) is 0 Å². The van der Waals surface area contributed by atoms with E-state index < -0.39 is 0 Å². The van der Waals surface area contributed by atoms with Crippen molar-refractivity contribution in [2.24, 2.45) is 0 Å². The second-order valence-electron chi connectivity index (χ2n) is 3.80. The number of rotatable bonds is 3. The first-order valence-electron chi connectivity index (χ1n) is 5.36. The summed E-state index contributed by atoms with van der Waals surface area (Å²) in [5.74, 6) is -0.153. The van der Waals surface area contributed by atoms with Crippen molar-refractivity contribution in [2.45, 2.75) is 13.5 Å². The van der Waals surface area contributed by atoms with E-state index in [0.717, 1.165) is 23.9 Å². The van der Waals surface area contributed by atoms with E-state index in [1.165, 1.54) is 5.56 Å². The fourth-order valence-electron chi connectivity index (χ4n) is 1.70. The van der Waals surface area contributed by atoms with Gasteiger partial charge < -0.3 is 15.5 Å². The standard InChI is InChI=1S/C13H15NO2/c1-2-14-8-9-3-4-10-6-12(15)13(16)7-11(10)5-9/h3-7,14-16H,2,8H2,1H3. The van der Waals surface area contributed by atoms with Gasteiger partial charge in [0.15, 0.2) is 11.5 Å². The molecule has 0 aliphatic heterocycles. The maximum Gasteiger partial charge on any atom is 0.158 e. The van der Waals surface area contributed by atoms with Crippen LogP contribution in [0.5, 0.6) is 11.5 Å². The van der Waals surface area contributed by atoms with Crippen LogP contribution in [-0.4, -0.2) is 16.8 Å². The van der Waals surface area contributed by atoms with Crippen molar-refractivity contribution < 1.29 is 10.2 Å². The highest BCUT2D eigenvalue weighted by Gasteiger charge is 2.02. The molecule has 3 N–H and O–H groups in total. The molecular weight excluding hydrogens is 202 g/mol. The summed E-state index contributed by atoms with van der Waals surface area (Å²) in [5, 5.41) is 23.9. The Kier molecular flexibility index (Phi) is 2.97. The van der Waals surface area contributed by atoms with Gasteiger partial charge in [0.05, 0.1) is 0 Å². The van der Waals surface area contributed by atoms with Gasteiger partial charge >= 0.3 is 0 Å². The minimum atomic E-state index is -0.0769. The Morgan fingerprint density at radius 2 is 1.69 bits per heavy atom. The number of fused-ring (bicyclic) bond motifs is 1. The Balaban J connectivity index is 2.41. The lowest BCUT2D eigenvalue weighted by molar-refractivity contribution is 0.405. The summed E-state index contributed by atoms with van der Waals surface area (Å²) in [6.07, 6.45) is 0. The zero-order valence-corrected chi connectivity index (χ0v) is 9.20. The first-order chi connectivity index (χ1) is 7.70. The molecular formula is C13H15NO2. The van der Waals surface area contributed by atoms with Gasteiger partial charge in [0, 0.05) is 6.54 Å². The average molecular weight is 217 g/mol. The monoisotopic (exact) mass is 217 g/mol. The number of hydrogen-bond acceptors (Lipinski definition) is 3. The van der Waals surface area contributed by atoms with Crippen molar-refractivity contribution in [2.75, 3.05) is 6.54 Å². The number of nitrogens with one attached hydrogen (secondary N) is 1. The normalized spacial score (nSPS) is 10.8. The second kappa shape index (κ2) is 4.41. The average Bonchev–Trinajstić information content (AvgIpc) is 2.28. The maximum absolute atomic E-state index is 9.42. The van der Waals surface area contributed by atoms with Crippen LogP contribution in [-0.2, 0) is 6.54 Å². The quantitative estimate of drug-likeness (QED) is 0.692. The van der Waals surface area contributed by atoms with Crippen LogP contribution in [0.3, 0.4) is 0 Å². The van der Waals surface area contributed by atoms with Crippen LogP contribution in [0.4, 0.5) is 0 Å². The van der Waals surface area contributed by atoms with Gasteiger partial charge in [-0.1, -0.05) is 19.1 Å². The Bertz CT molecular complexity index is 509. The van der Waals surface area contributed by atoms with E-state index in [0.29, 0.717) is 0 Å². The number of phenols is 2. The van der Waals surface area contributed by atoms with Crippen LogP contribution < -0.4 is 5.32 Å². The Morgan fingerprint density at radius 3 is 2.38 bits per heavy atom. The van der Waals surface area contributed by atoms with Crippen LogP contribution >= 0.6 is 0 Å². The van der Waals surface area contributed by atoms with E-state index in [9.17, 15) is 10.2 Å². The van der Waals surface area contributed by atoms with Crippen LogP contribution in [0, 0.1) is 0 Å². The van der Waals surface area contributed by atoms with E-state index in [2.05, 4.69) is 12.2 Å². The van der Waals surface area contributed by atoms with Crippen LogP contribution in [0.2, 0.25) is 0 Å². The highest BCUT2D eigenvalue weighted by atomic mass is 16.3. The van der Waals surface area contributed by atoms with E-state index in [1.807, 2.05) is 18.2 Å². The molecule has 0 atom stereocenters. The number of hydrogen-bond donors (Lipinski definition) is 3. The summed E-state index contributed by atoms with van der Waals surface area (Å²) < 4.78 is 0. The molecule has 0 amide bonds. The second-order valence-corrected chi connectivity index (χ2v) is 3.80. The zero-order valence-electron chi connectivity index (χ0n) is 9.20. The van der Waals surface area contributed by atoms with Gasteiger partial charge in [-0.3, -0.25) is 0 Å². The van der Waals surface area contributed by atoms with E-state index in [4.69, 9.17) is 0 Å². The number of aromatic hydroxyl groups is 2. The molecule has 0 spiro atoms. The summed E-state index contributed by atoms with van der Waals surface area (Å²) in [6, 6.07) is 9.13. The molecule has 0 saturated heterocycles. The molecule has 2 aromatic rings. The van der Waals surface area contributed by atoms with Crippen molar-refractivity contribution >= 4 is 10.8 Å². The predicted octanol–water partition coefficient (Wildman–Crippen LogP) is 2.36. The summed E-state index contributed by atoms with van der Waals surface area (Å²) in [5.41, 5.74) is 1.17. The summed E-state index contributed by atoms with van der Waals surface area (Å²) in [6.45, 7) is 3.80. The minimum Gasteiger partial charge on any atom is -0.504 e. The van der Waals surface area contributed by atoms with E-state index in [1.54, 1.807) is 12.1 Å². The molecule has 0 fully saturated rings. The smallest absolute Gasteiger partial charge is 0.158 e. The molecule has 2 aromatic carbocycles. The molecule has 2 rings (SSSR count). The summed E-state index contributed by atoms with van der Waals surface area (Å²) in [7, 11) is 0. The van der Waals surface area contributed by atoms with Crippen molar-refractivity contribution in [3.8, 4) is 11.5 Å². The Labute approximate surface area is 94.3 Å². The maximum atomic E-state index is 9.42. The topological polar surface area (TPSA) is 52.5 Å². The minimum absolute atomic E-state index is 0.0758. The van der Waals surface area contributed by atoms with Crippen LogP contribution in [0.25, 0.3) is 10.8 Å². The van der Waals surface area contributed by atoms with Gasteiger partial charge in [-0.25, -0.2) is 0 Å².